The standard InChI is InChI=1S/C38H62N10O11S/c49-31(12-9-29(35(55)56)47-37(59)48-30(36(57)58)11-14-33(52)53)46-28(10-13-32(50)51)34(54)43-15-3-1-2-4-16-44-38(60)45-26-7-5-25(6-8-26)23-27-24-41-20-19-39-17-18-40-21-22-42-27/h5-8,27-30,39-42H,1-4,9-24H2,(H,43,54)(H,46,49)(H,50,51)(H,52,53)(H,55,56)(H,57,58)(H2,44,45,60)(H2,47,48,59)/t27?,28-,29-,30-/m0/s1. The third kappa shape index (κ3) is 24.1. The van der Waals surface area contributed by atoms with Crippen molar-refractivity contribution in [2.45, 2.75) is 94.8 Å². The second-order valence-corrected chi connectivity index (χ2v) is 14.7. The number of rotatable bonds is 25. The molecule has 1 unspecified atom stereocenters. The van der Waals surface area contributed by atoms with Crippen molar-refractivity contribution in [3.63, 3.8) is 0 Å². The summed E-state index contributed by atoms with van der Waals surface area (Å²) >= 11 is 5.46. The average Bonchev–Trinajstić information content (AvgIpc) is 3.18. The third-order valence-electron chi connectivity index (χ3n) is 9.28. The van der Waals surface area contributed by atoms with Crippen LogP contribution >= 0.6 is 12.2 Å². The van der Waals surface area contributed by atoms with Crippen LogP contribution in [0.2, 0.25) is 0 Å². The van der Waals surface area contributed by atoms with Crippen LogP contribution in [-0.2, 0) is 35.2 Å². The number of anilines is 1. The van der Waals surface area contributed by atoms with Gasteiger partial charge in [0.15, 0.2) is 5.11 Å². The zero-order chi connectivity index (χ0) is 44.1. The van der Waals surface area contributed by atoms with E-state index in [0.717, 1.165) is 77.2 Å². The van der Waals surface area contributed by atoms with Gasteiger partial charge in [-0.1, -0.05) is 25.0 Å². The number of urea groups is 1. The summed E-state index contributed by atoms with van der Waals surface area (Å²) in [6, 6.07) is 2.88. The molecule has 14 N–H and O–H groups in total. The highest BCUT2D eigenvalue weighted by Crippen LogP contribution is 2.12. The predicted molar refractivity (Wildman–Crippen MR) is 226 cm³/mol. The van der Waals surface area contributed by atoms with Gasteiger partial charge < -0.3 is 73.6 Å². The number of nitrogens with one attached hydrogen (secondary N) is 10. The molecule has 1 saturated heterocycles. The first-order valence-corrected chi connectivity index (χ1v) is 20.7. The topological polar surface area (TPSA) is 321 Å². The molecule has 1 heterocycles. The highest BCUT2D eigenvalue weighted by Gasteiger charge is 2.27. The van der Waals surface area contributed by atoms with Crippen LogP contribution in [0.1, 0.15) is 69.8 Å². The number of carbonyl (C=O) groups is 7. The van der Waals surface area contributed by atoms with Crippen molar-refractivity contribution in [3.8, 4) is 0 Å². The van der Waals surface area contributed by atoms with Crippen LogP contribution in [0.5, 0.6) is 0 Å². The van der Waals surface area contributed by atoms with E-state index < -0.39 is 92.0 Å². The van der Waals surface area contributed by atoms with Gasteiger partial charge in [0.25, 0.3) is 0 Å². The Morgan fingerprint density at radius 3 is 1.72 bits per heavy atom. The first kappa shape index (κ1) is 51.0. The Hall–Kier alpha value is -5.16. The fraction of sp³-hybridized carbons (Fsp3) is 0.632. The number of aliphatic carboxylic acids is 4. The van der Waals surface area contributed by atoms with Crippen LogP contribution in [0.4, 0.5) is 10.5 Å². The fourth-order valence-electron chi connectivity index (χ4n) is 6.00. The number of carbonyl (C=O) groups excluding carboxylic acids is 3. The molecule has 4 atom stereocenters. The molecular weight excluding hydrogens is 805 g/mol. The summed E-state index contributed by atoms with van der Waals surface area (Å²) in [4.78, 5) is 82.7. The minimum Gasteiger partial charge on any atom is -0.481 e. The minimum atomic E-state index is -1.64. The van der Waals surface area contributed by atoms with E-state index in [2.05, 4.69) is 54.7 Å². The van der Waals surface area contributed by atoms with Crippen molar-refractivity contribution in [1.29, 1.82) is 0 Å². The number of hydrogen-bond donors (Lipinski definition) is 14. The Balaban J connectivity index is 1.69. The summed E-state index contributed by atoms with van der Waals surface area (Å²) < 4.78 is 0. The molecule has 22 heteroatoms. The maximum atomic E-state index is 12.9. The van der Waals surface area contributed by atoms with Gasteiger partial charge in [-0.2, -0.15) is 0 Å². The quantitative estimate of drug-likeness (QED) is 0.0420. The van der Waals surface area contributed by atoms with Crippen molar-refractivity contribution in [2.75, 3.05) is 64.2 Å². The SMILES string of the molecule is O=C(O)CC[C@H](NC(=O)N[C@@H](CCC(=O)N[C@@H](CCC(=O)O)C(=O)NCCCCCCNC(=S)Nc1ccc(CC2CNCCNCCNCCN2)cc1)C(=O)O)C(=O)O. The second-order valence-electron chi connectivity index (χ2n) is 14.3. The molecule has 1 aliphatic heterocycles. The molecule has 0 saturated carbocycles. The van der Waals surface area contributed by atoms with Crippen LogP contribution in [-0.4, -0.2) is 150 Å². The van der Waals surface area contributed by atoms with Gasteiger partial charge in [0, 0.05) is 89.9 Å². The average molecular weight is 867 g/mol. The van der Waals surface area contributed by atoms with E-state index in [1.54, 1.807) is 0 Å². The van der Waals surface area contributed by atoms with Crippen LogP contribution in [0, 0.1) is 0 Å². The normalized spacial score (nSPS) is 16.2. The van der Waals surface area contributed by atoms with E-state index in [0.29, 0.717) is 24.1 Å². The summed E-state index contributed by atoms with van der Waals surface area (Å²) in [5.41, 5.74) is 2.11. The van der Waals surface area contributed by atoms with Gasteiger partial charge in [0.05, 0.1) is 0 Å². The summed E-state index contributed by atoms with van der Waals surface area (Å²) in [6.07, 6.45) is 1.36. The van der Waals surface area contributed by atoms with Crippen molar-refractivity contribution in [2.24, 2.45) is 0 Å². The maximum absolute atomic E-state index is 12.9. The Morgan fingerprint density at radius 2 is 1.15 bits per heavy atom. The van der Waals surface area contributed by atoms with Crippen LogP contribution in [0.15, 0.2) is 24.3 Å². The van der Waals surface area contributed by atoms with Gasteiger partial charge >= 0.3 is 29.9 Å². The van der Waals surface area contributed by atoms with Gasteiger partial charge in [0.1, 0.15) is 18.1 Å². The van der Waals surface area contributed by atoms with Crippen molar-refractivity contribution in [1.82, 2.24) is 47.9 Å². The number of carboxylic acids is 4. The summed E-state index contributed by atoms with van der Waals surface area (Å²) in [6.45, 7) is 7.40. The number of hydrogen-bond acceptors (Lipinski definition) is 12. The first-order valence-electron chi connectivity index (χ1n) is 20.3. The van der Waals surface area contributed by atoms with Crippen molar-refractivity contribution < 1.29 is 54.0 Å². The molecule has 2 rings (SSSR count). The summed E-state index contributed by atoms with van der Waals surface area (Å²) in [5.74, 6) is -6.93. The van der Waals surface area contributed by atoms with Crippen molar-refractivity contribution >= 4 is 64.7 Å². The number of benzene rings is 1. The Bertz CT molecular complexity index is 1530. The minimum absolute atomic E-state index is 0.224. The highest BCUT2D eigenvalue weighted by molar-refractivity contribution is 7.80. The summed E-state index contributed by atoms with van der Waals surface area (Å²) in [5, 5.41) is 66.7. The van der Waals surface area contributed by atoms with Crippen molar-refractivity contribution in [3.05, 3.63) is 29.8 Å². The van der Waals surface area contributed by atoms with E-state index in [4.69, 9.17) is 22.4 Å². The monoisotopic (exact) mass is 866 g/mol. The second kappa shape index (κ2) is 30.0. The molecule has 0 aliphatic carbocycles. The number of carboxylic acid groups (broad SMARTS) is 4. The van der Waals surface area contributed by atoms with E-state index in [1.165, 1.54) is 5.56 Å². The maximum Gasteiger partial charge on any atom is 0.326 e. The molecule has 0 bridgehead atoms. The first-order chi connectivity index (χ1) is 28.7. The Labute approximate surface area is 354 Å². The van der Waals surface area contributed by atoms with Crippen LogP contribution in [0.3, 0.4) is 0 Å². The van der Waals surface area contributed by atoms with Gasteiger partial charge in [-0.25, -0.2) is 14.4 Å². The Morgan fingerprint density at radius 1 is 0.633 bits per heavy atom. The zero-order valence-electron chi connectivity index (χ0n) is 33.8. The summed E-state index contributed by atoms with van der Waals surface area (Å²) in [7, 11) is 0. The van der Waals surface area contributed by atoms with Gasteiger partial charge in [0.2, 0.25) is 11.8 Å². The highest BCUT2D eigenvalue weighted by atomic mass is 32.1. The molecule has 336 valence electrons. The molecule has 4 amide bonds. The smallest absolute Gasteiger partial charge is 0.326 e. The molecule has 0 spiro atoms. The van der Waals surface area contributed by atoms with Crippen LogP contribution < -0.4 is 53.2 Å². The molecule has 1 aliphatic rings. The molecule has 0 radical (unpaired) electrons. The largest absolute Gasteiger partial charge is 0.481 e. The van der Waals surface area contributed by atoms with E-state index in [9.17, 15) is 43.8 Å². The van der Waals surface area contributed by atoms with Crippen LogP contribution in [0.25, 0.3) is 0 Å². The van der Waals surface area contributed by atoms with Gasteiger partial charge in [-0.05, 0) is 68.4 Å². The zero-order valence-corrected chi connectivity index (χ0v) is 34.6. The number of thiocarbonyl (C=S) groups is 1. The molecule has 60 heavy (non-hydrogen) atoms. The lowest BCUT2D eigenvalue weighted by Gasteiger charge is -2.21. The molecule has 1 aromatic carbocycles. The molecule has 1 aromatic rings. The lowest BCUT2D eigenvalue weighted by molar-refractivity contribution is -0.141. The number of unbranched alkanes of at least 4 members (excludes halogenated alkanes) is 3. The predicted octanol–water partition coefficient (Wildman–Crippen LogP) is -0.867. The lowest BCUT2D eigenvalue weighted by atomic mass is 10.1. The van der Waals surface area contributed by atoms with E-state index in [-0.39, 0.29) is 13.0 Å². The Kier molecular flexibility index (Phi) is 25.5. The molecular formula is C38H62N10O11S. The van der Waals surface area contributed by atoms with Gasteiger partial charge in [-0.15, -0.1) is 0 Å². The van der Waals surface area contributed by atoms with E-state index >= 15 is 0 Å². The molecule has 21 nitrogen and oxygen atoms in total. The fourth-order valence-corrected chi connectivity index (χ4v) is 6.22. The third-order valence-corrected chi connectivity index (χ3v) is 9.52. The molecule has 1 fully saturated rings. The van der Waals surface area contributed by atoms with Gasteiger partial charge in [-0.3, -0.25) is 19.2 Å². The lowest BCUT2D eigenvalue weighted by Crippen LogP contribution is -2.51. The number of amides is 4. The van der Waals surface area contributed by atoms with E-state index in [1.807, 2.05) is 22.8 Å². The molecule has 0 aromatic heterocycles.